The van der Waals surface area contributed by atoms with Gasteiger partial charge in [0.25, 0.3) is 0 Å². The van der Waals surface area contributed by atoms with E-state index in [9.17, 15) is 42.1 Å². The molecule has 0 aliphatic rings. The molecule has 8 rings (SSSR count). The first-order valence-electron chi connectivity index (χ1n) is 15.7. The van der Waals surface area contributed by atoms with Crippen LogP contribution in [0.15, 0.2) is 115 Å². The summed E-state index contributed by atoms with van der Waals surface area (Å²) < 4.78 is 88.4. The number of hydrogen-bond acceptors (Lipinski definition) is 3. The van der Waals surface area contributed by atoms with Gasteiger partial charge in [-0.1, -0.05) is 48.5 Å². The number of aromatic nitrogens is 2. The molecule has 11 heteroatoms. The predicted molar refractivity (Wildman–Crippen MR) is 185 cm³/mol. The molecule has 0 radical (unpaired) electrons. The summed E-state index contributed by atoms with van der Waals surface area (Å²) in [5, 5.41) is 32.5. The van der Waals surface area contributed by atoms with Gasteiger partial charge >= 0.3 is 12.4 Å². The van der Waals surface area contributed by atoms with Crippen LogP contribution in [-0.2, 0) is 12.4 Å². The highest BCUT2D eigenvalue weighted by Crippen LogP contribution is 2.45. The second kappa shape index (κ2) is 11.5. The van der Waals surface area contributed by atoms with Crippen molar-refractivity contribution in [3.05, 3.63) is 143 Å². The van der Waals surface area contributed by atoms with E-state index >= 15 is 0 Å². The quantitative estimate of drug-likeness (QED) is 0.173. The minimum absolute atomic E-state index is 0.0570. The molecule has 2 aromatic heterocycles. The Bertz CT molecular complexity index is 2740. The SMILES string of the molecule is N#Cc1cc(C#N)cc(-c2c(-n3c4ccccc4c4ccc(C(F)(F)F)cc43)cc(C#N)cc2-n2c3ccccc3c3ccc(C(F)(F)F)cc32)c1. The van der Waals surface area contributed by atoms with Crippen LogP contribution in [0.3, 0.4) is 0 Å². The largest absolute Gasteiger partial charge is 0.416 e. The van der Waals surface area contributed by atoms with Gasteiger partial charge in [-0.2, -0.15) is 42.1 Å². The Morgan fingerprint density at radius 3 is 1.21 bits per heavy atom. The standard InChI is InChI=1S/C41H19F6N5/c42-40(43,44)27-9-11-31-29-5-1-3-7-33(29)51(35(31)18-27)37-16-25(22-50)17-38(39(37)26-14-23(20-48)13-24(15-26)21-49)52-34-8-4-2-6-30(34)32-12-10-28(19-36(32)52)41(45,46)47/h1-19H. The van der Waals surface area contributed by atoms with Crippen LogP contribution in [0, 0.1) is 34.0 Å². The highest BCUT2D eigenvalue weighted by atomic mass is 19.4. The van der Waals surface area contributed by atoms with Crippen LogP contribution in [0.5, 0.6) is 0 Å². The Hall–Kier alpha value is -7.03. The Morgan fingerprint density at radius 2 is 0.808 bits per heavy atom. The number of rotatable bonds is 3. The van der Waals surface area contributed by atoms with Gasteiger partial charge in [0.15, 0.2) is 0 Å². The third kappa shape index (κ3) is 5.01. The maximum Gasteiger partial charge on any atom is 0.416 e. The maximum absolute atomic E-state index is 14.2. The highest BCUT2D eigenvalue weighted by molar-refractivity contribution is 6.12. The maximum atomic E-state index is 14.2. The summed E-state index contributed by atoms with van der Waals surface area (Å²) in [6, 6.07) is 34.2. The summed E-state index contributed by atoms with van der Waals surface area (Å²) >= 11 is 0. The Labute approximate surface area is 290 Å². The first-order valence-corrected chi connectivity index (χ1v) is 15.7. The molecule has 5 nitrogen and oxygen atoms in total. The monoisotopic (exact) mass is 695 g/mol. The molecule has 0 bridgehead atoms. The fraction of sp³-hybridized carbons (Fsp3) is 0.0488. The van der Waals surface area contributed by atoms with E-state index in [1.54, 1.807) is 57.7 Å². The molecule has 0 spiro atoms. The van der Waals surface area contributed by atoms with Crippen LogP contribution in [0.1, 0.15) is 27.8 Å². The molecule has 0 amide bonds. The minimum Gasteiger partial charge on any atom is -0.308 e. The smallest absolute Gasteiger partial charge is 0.308 e. The van der Waals surface area contributed by atoms with Gasteiger partial charge in [0, 0.05) is 27.1 Å². The molecule has 0 saturated carbocycles. The zero-order chi connectivity index (χ0) is 36.5. The van der Waals surface area contributed by atoms with Gasteiger partial charge in [0.1, 0.15) is 0 Å². The Morgan fingerprint density at radius 1 is 0.423 bits per heavy atom. The van der Waals surface area contributed by atoms with Crippen molar-refractivity contribution in [2.24, 2.45) is 0 Å². The van der Waals surface area contributed by atoms with E-state index in [0.29, 0.717) is 32.6 Å². The molecule has 0 unspecified atom stereocenters. The van der Waals surface area contributed by atoms with E-state index in [2.05, 4.69) is 6.07 Å². The molecule has 8 aromatic rings. The number of alkyl halides is 6. The van der Waals surface area contributed by atoms with E-state index < -0.39 is 23.5 Å². The molecule has 0 aliphatic heterocycles. The van der Waals surface area contributed by atoms with Crippen LogP contribution in [0.4, 0.5) is 26.3 Å². The first kappa shape index (κ1) is 32.2. The van der Waals surface area contributed by atoms with Gasteiger partial charge in [-0.15, -0.1) is 0 Å². The van der Waals surface area contributed by atoms with Crippen LogP contribution < -0.4 is 0 Å². The molecule has 6 aromatic carbocycles. The second-order valence-electron chi connectivity index (χ2n) is 12.2. The Balaban J connectivity index is 1.63. The van der Waals surface area contributed by atoms with E-state index in [1.165, 1.54) is 42.5 Å². The van der Waals surface area contributed by atoms with Crippen molar-refractivity contribution in [1.82, 2.24) is 9.13 Å². The van der Waals surface area contributed by atoms with Crippen molar-refractivity contribution in [2.75, 3.05) is 0 Å². The molecule has 0 fully saturated rings. The zero-order valence-corrected chi connectivity index (χ0v) is 26.5. The van der Waals surface area contributed by atoms with E-state index in [-0.39, 0.29) is 50.2 Å². The van der Waals surface area contributed by atoms with Gasteiger partial charge in [0.05, 0.1) is 79.5 Å². The van der Waals surface area contributed by atoms with Crippen LogP contribution in [0.2, 0.25) is 0 Å². The van der Waals surface area contributed by atoms with Gasteiger partial charge in [-0.25, -0.2) is 0 Å². The van der Waals surface area contributed by atoms with Crippen LogP contribution >= 0.6 is 0 Å². The van der Waals surface area contributed by atoms with Gasteiger partial charge in [-0.3, -0.25) is 0 Å². The molecule has 0 N–H and O–H groups in total. The third-order valence-electron chi connectivity index (χ3n) is 9.19. The topological polar surface area (TPSA) is 81.2 Å². The molecule has 2 heterocycles. The van der Waals surface area contributed by atoms with Gasteiger partial charge in [0.2, 0.25) is 0 Å². The van der Waals surface area contributed by atoms with Crippen molar-refractivity contribution in [3.63, 3.8) is 0 Å². The second-order valence-corrected chi connectivity index (χ2v) is 12.2. The summed E-state index contributed by atoms with van der Waals surface area (Å²) in [5.74, 6) is 0. The summed E-state index contributed by atoms with van der Waals surface area (Å²) in [6.07, 6.45) is -9.39. The number of benzene rings is 6. The summed E-state index contributed by atoms with van der Waals surface area (Å²) in [4.78, 5) is 0. The number of nitrogens with zero attached hydrogens (tertiary/aromatic N) is 5. The van der Waals surface area contributed by atoms with Crippen molar-refractivity contribution in [2.45, 2.75) is 12.4 Å². The van der Waals surface area contributed by atoms with E-state index in [0.717, 1.165) is 24.3 Å². The molecule has 52 heavy (non-hydrogen) atoms. The third-order valence-corrected chi connectivity index (χ3v) is 9.19. The Kier molecular flexibility index (Phi) is 7.13. The summed E-state index contributed by atoms with van der Waals surface area (Å²) in [5.41, 5.74) is 0.633. The lowest BCUT2D eigenvalue weighted by Crippen LogP contribution is -2.08. The minimum atomic E-state index is -4.69. The number of halogens is 6. The molecule has 0 atom stereocenters. The fourth-order valence-corrected chi connectivity index (χ4v) is 7.04. The van der Waals surface area contributed by atoms with Crippen LogP contribution in [0.25, 0.3) is 66.1 Å². The molecular formula is C41H19F6N5. The highest BCUT2D eigenvalue weighted by Gasteiger charge is 2.33. The van der Waals surface area contributed by atoms with Crippen molar-refractivity contribution in [3.8, 4) is 40.7 Å². The molecular weight excluding hydrogens is 676 g/mol. The van der Waals surface area contributed by atoms with E-state index in [1.807, 2.05) is 12.1 Å². The average molecular weight is 696 g/mol. The number of fused-ring (bicyclic) bond motifs is 6. The van der Waals surface area contributed by atoms with Gasteiger partial charge < -0.3 is 9.13 Å². The summed E-state index contributed by atoms with van der Waals surface area (Å²) in [6.45, 7) is 0. The van der Waals surface area contributed by atoms with Crippen LogP contribution in [-0.4, -0.2) is 9.13 Å². The van der Waals surface area contributed by atoms with Crippen molar-refractivity contribution < 1.29 is 26.3 Å². The number of hydrogen-bond donors (Lipinski definition) is 0. The molecule has 0 saturated heterocycles. The molecule has 250 valence electrons. The predicted octanol–water partition coefficient (Wildman–Crippen LogP) is 11.2. The number of para-hydroxylation sites is 2. The lowest BCUT2D eigenvalue weighted by molar-refractivity contribution is -0.138. The molecule has 0 aliphatic carbocycles. The normalized spacial score (nSPS) is 12.0. The van der Waals surface area contributed by atoms with Gasteiger partial charge in [-0.05, 0) is 72.3 Å². The number of nitriles is 3. The fourth-order valence-electron chi connectivity index (χ4n) is 7.04. The zero-order valence-electron chi connectivity index (χ0n) is 26.5. The lowest BCUT2D eigenvalue weighted by atomic mass is 9.95. The summed E-state index contributed by atoms with van der Waals surface area (Å²) in [7, 11) is 0. The first-order chi connectivity index (χ1) is 24.9. The average Bonchev–Trinajstić information content (AvgIpc) is 3.65. The van der Waals surface area contributed by atoms with Crippen molar-refractivity contribution in [1.29, 1.82) is 15.8 Å². The lowest BCUT2D eigenvalue weighted by Gasteiger charge is -2.21. The van der Waals surface area contributed by atoms with E-state index in [4.69, 9.17) is 0 Å². The van der Waals surface area contributed by atoms with Crippen molar-refractivity contribution >= 4 is 43.6 Å².